The molecule has 130 valence electrons. The fourth-order valence-corrected chi connectivity index (χ4v) is 2.89. The number of aliphatic carboxylic acids is 1. The molecule has 1 aromatic heterocycles. The standard InChI is InChI=1S/C15H15N5O5/c21-13(22)7-15(4-1-5-15)18-14(23)10-2-3-11(12(6-10)20(24)25)19-9-16-8-17-19/h2-3,6,8-9H,1,4-5,7H2,(H,18,23)(H,21,22). The summed E-state index contributed by atoms with van der Waals surface area (Å²) < 4.78 is 1.23. The maximum atomic E-state index is 12.4. The molecule has 0 aliphatic heterocycles. The molecule has 25 heavy (non-hydrogen) atoms. The van der Waals surface area contributed by atoms with E-state index in [4.69, 9.17) is 5.11 Å². The summed E-state index contributed by atoms with van der Waals surface area (Å²) in [4.78, 5) is 37.9. The first kappa shape index (κ1) is 16.6. The molecule has 0 saturated heterocycles. The lowest BCUT2D eigenvalue weighted by atomic mass is 9.74. The van der Waals surface area contributed by atoms with Crippen LogP contribution in [-0.2, 0) is 4.79 Å². The number of benzene rings is 1. The van der Waals surface area contributed by atoms with E-state index in [0.29, 0.717) is 12.8 Å². The second-order valence-corrected chi connectivity index (χ2v) is 5.96. The molecule has 0 spiro atoms. The van der Waals surface area contributed by atoms with Crippen LogP contribution < -0.4 is 5.32 Å². The van der Waals surface area contributed by atoms with Crippen molar-refractivity contribution in [1.29, 1.82) is 0 Å². The van der Waals surface area contributed by atoms with Crippen LogP contribution >= 0.6 is 0 Å². The van der Waals surface area contributed by atoms with Crippen LogP contribution in [0.1, 0.15) is 36.0 Å². The van der Waals surface area contributed by atoms with Gasteiger partial charge in [-0.05, 0) is 31.4 Å². The SMILES string of the molecule is O=C(O)CC1(NC(=O)c2ccc(-n3cncn3)c([N+](=O)[O-])c2)CCC1. The summed E-state index contributed by atoms with van der Waals surface area (Å²) in [6.45, 7) is 0. The number of carboxylic acid groups (broad SMARTS) is 1. The van der Waals surface area contributed by atoms with Gasteiger partial charge < -0.3 is 10.4 Å². The maximum absolute atomic E-state index is 12.4. The van der Waals surface area contributed by atoms with E-state index in [0.717, 1.165) is 12.5 Å². The molecule has 0 radical (unpaired) electrons. The number of carboxylic acids is 1. The van der Waals surface area contributed by atoms with E-state index in [1.807, 2.05) is 0 Å². The van der Waals surface area contributed by atoms with Gasteiger partial charge in [0.15, 0.2) is 0 Å². The predicted molar refractivity (Wildman–Crippen MR) is 84.3 cm³/mol. The first-order valence-corrected chi connectivity index (χ1v) is 7.58. The first-order chi connectivity index (χ1) is 11.9. The molecule has 2 aromatic rings. The van der Waals surface area contributed by atoms with Crippen LogP contribution in [0.25, 0.3) is 5.69 Å². The van der Waals surface area contributed by atoms with Gasteiger partial charge in [-0.15, -0.1) is 0 Å². The fraction of sp³-hybridized carbons (Fsp3) is 0.333. The number of nitrogens with zero attached hydrogens (tertiary/aromatic N) is 4. The van der Waals surface area contributed by atoms with Crippen LogP contribution in [0.5, 0.6) is 0 Å². The van der Waals surface area contributed by atoms with Crippen molar-refractivity contribution in [1.82, 2.24) is 20.1 Å². The molecule has 0 atom stereocenters. The maximum Gasteiger partial charge on any atom is 0.305 e. The van der Waals surface area contributed by atoms with Crippen LogP contribution in [0.3, 0.4) is 0 Å². The van der Waals surface area contributed by atoms with E-state index >= 15 is 0 Å². The number of hydrogen-bond acceptors (Lipinski definition) is 6. The number of nitrogens with one attached hydrogen (secondary N) is 1. The van der Waals surface area contributed by atoms with Gasteiger partial charge in [0, 0.05) is 11.6 Å². The number of rotatable bonds is 6. The summed E-state index contributed by atoms with van der Waals surface area (Å²) in [6.07, 6.45) is 4.38. The summed E-state index contributed by atoms with van der Waals surface area (Å²) >= 11 is 0. The quantitative estimate of drug-likeness (QED) is 0.594. The Labute approximate surface area is 141 Å². The van der Waals surface area contributed by atoms with E-state index in [9.17, 15) is 19.7 Å². The molecule has 0 bridgehead atoms. The average molecular weight is 345 g/mol. The van der Waals surface area contributed by atoms with Crippen molar-refractivity contribution in [3.63, 3.8) is 0 Å². The van der Waals surface area contributed by atoms with E-state index in [1.165, 1.54) is 29.5 Å². The van der Waals surface area contributed by atoms with Gasteiger partial charge >= 0.3 is 5.97 Å². The van der Waals surface area contributed by atoms with Gasteiger partial charge in [-0.2, -0.15) is 5.10 Å². The minimum atomic E-state index is -0.993. The summed E-state index contributed by atoms with van der Waals surface area (Å²) in [7, 11) is 0. The fourth-order valence-electron chi connectivity index (χ4n) is 2.89. The third kappa shape index (κ3) is 3.32. The van der Waals surface area contributed by atoms with Crippen LogP contribution in [0.15, 0.2) is 30.9 Å². The van der Waals surface area contributed by atoms with Gasteiger partial charge in [0.05, 0.1) is 16.9 Å². The van der Waals surface area contributed by atoms with Crippen molar-refractivity contribution >= 4 is 17.6 Å². The molecule has 1 aromatic carbocycles. The summed E-state index contributed by atoms with van der Waals surface area (Å²) in [6, 6.07) is 4.00. The van der Waals surface area contributed by atoms with Crippen molar-refractivity contribution in [2.24, 2.45) is 0 Å². The zero-order chi connectivity index (χ0) is 18.0. The van der Waals surface area contributed by atoms with E-state index in [-0.39, 0.29) is 23.4 Å². The molecule has 3 rings (SSSR count). The number of nitro benzene ring substituents is 1. The van der Waals surface area contributed by atoms with Gasteiger partial charge in [-0.3, -0.25) is 19.7 Å². The topological polar surface area (TPSA) is 140 Å². The van der Waals surface area contributed by atoms with Crippen LogP contribution in [0.2, 0.25) is 0 Å². The molecule has 10 nitrogen and oxygen atoms in total. The third-order valence-electron chi connectivity index (χ3n) is 4.28. The first-order valence-electron chi connectivity index (χ1n) is 7.58. The van der Waals surface area contributed by atoms with Crippen molar-refractivity contribution < 1.29 is 19.6 Å². The van der Waals surface area contributed by atoms with Crippen LogP contribution in [0.4, 0.5) is 5.69 Å². The van der Waals surface area contributed by atoms with Crippen molar-refractivity contribution in [2.75, 3.05) is 0 Å². The summed E-state index contributed by atoms with van der Waals surface area (Å²) in [5.74, 6) is -1.53. The zero-order valence-corrected chi connectivity index (χ0v) is 13.1. The second-order valence-electron chi connectivity index (χ2n) is 5.96. The number of aromatic nitrogens is 3. The summed E-state index contributed by atoms with van der Waals surface area (Å²) in [5, 5.41) is 26.9. The van der Waals surface area contributed by atoms with E-state index in [1.54, 1.807) is 0 Å². The molecular formula is C15H15N5O5. The Balaban J connectivity index is 1.87. The number of hydrogen-bond donors (Lipinski definition) is 2. The van der Waals surface area contributed by atoms with Gasteiger partial charge in [-0.1, -0.05) is 0 Å². The Bertz CT molecular complexity index is 829. The van der Waals surface area contributed by atoms with Crippen LogP contribution in [0, 0.1) is 10.1 Å². The van der Waals surface area contributed by atoms with Crippen LogP contribution in [-0.4, -0.2) is 42.2 Å². The molecule has 0 unspecified atom stereocenters. The van der Waals surface area contributed by atoms with Crippen molar-refractivity contribution in [3.8, 4) is 5.69 Å². The highest BCUT2D eigenvalue weighted by atomic mass is 16.6. The molecule has 1 saturated carbocycles. The molecule has 1 fully saturated rings. The monoisotopic (exact) mass is 345 g/mol. The lowest BCUT2D eigenvalue weighted by Gasteiger charge is -2.41. The molecule has 1 heterocycles. The Kier molecular flexibility index (Phi) is 4.17. The smallest absolute Gasteiger partial charge is 0.305 e. The Morgan fingerprint density at radius 1 is 1.40 bits per heavy atom. The molecule has 1 amide bonds. The van der Waals surface area contributed by atoms with E-state index in [2.05, 4.69) is 15.4 Å². The second kappa shape index (κ2) is 6.30. The Hall–Kier alpha value is -3.30. The highest BCUT2D eigenvalue weighted by Gasteiger charge is 2.40. The number of carbonyl (C=O) groups excluding carboxylic acids is 1. The largest absolute Gasteiger partial charge is 0.481 e. The lowest BCUT2D eigenvalue weighted by molar-refractivity contribution is -0.384. The summed E-state index contributed by atoms with van der Waals surface area (Å²) in [5.41, 5.74) is -0.795. The Morgan fingerprint density at radius 3 is 2.68 bits per heavy atom. The normalized spacial score (nSPS) is 15.2. The highest BCUT2D eigenvalue weighted by molar-refractivity contribution is 5.96. The van der Waals surface area contributed by atoms with Gasteiger partial charge in [0.1, 0.15) is 18.3 Å². The van der Waals surface area contributed by atoms with E-state index < -0.39 is 22.3 Å². The number of amides is 1. The molecule has 1 aliphatic carbocycles. The number of nitro groups is 1. The Morgan fingerprint density at radius 2 is 2.16 bits per heavy atom. The minimum Gasteiger partial charge on any atom is -0.481 e. The minimum absolute atomic E-state index is 0.0900. The van der Waals surface area contributed by atoms with Gasteiger partial charge in [-0.25, -0.2) is 9.67 Å². The molecule has 1 aliphatic rings. The van der Waals surface area contributed by atoms with Gasteiger partial charge in [0.2, 0.25) is 0 Å². The predicted octanol–water partition coefficient (Wildman–Crippen LogP) is 1.30. The molecule has 2 N–H and O–H groups in total. The molecular weight excluding hydrogens is 330 g/mol. The van der Waals surface area contributed by atoms with Gasteiger partial charge in [0.25, 0.3) is 11.6 Å². The zero-order valence-electron chi connectivity index (χ0n) is 13.1. The lowest BCUT2D eigenvalue weighted by Crippen LogP contribution is -2.54. The average Bonchev–Trinajstić information content (AvgIpc) is 3.05. The highest BCUT2D eigenvalue weighted by Crippen LogP contribution is 2.35. The molecule has 10 heteroatoms. The third-order valence-corrected chi connectivity index (χ3v) is 4.28. The number of carbonyl (C=O) groups is 2. The van der Waals surface area contributed by atoms with Crippen molar-refractivity contribution in [3.05, 3.63) is 46.5 Å². The van der Waals surface area contributed by atoms with Crippen molar-refractivity contribution in [2.45, 2.75) is 31.2 Å².